The lowest BCUT2D eigenvalue weighted by atomic mass is 9.76. The van der Waals surface area contributed by atoms with Gasteiger partial charge in [-0.15, -0.1) is 0 Å². The lowest BCUT2D eigenvalue weighted by molar-refractivity contribution is -0.138. The second-order valence-electron chi connectivity index (χ2n) is 6.27. The normalized spacial score (nSPS) is 16.4. The van der Waals surface area contributed by atoms with Crippen molar-refractivity contribution in [3.05, 3.63) is 22.3 Å². The topological polar surface area (TPSA) is 55.8 Å². The van der Waals surface area contributed by atoms with Crippen LogP contribution in [0.15, 0.2) is 0 Å². The molecule has 2 aliphatic rings. The molecule has 0 aromatic heterocycles. The van der Waals surface area contributed by atoms with Crippen molar-refractivity contribution >= 4 is 5.97 Å². The number of carbonyl (C=O) groups is 1. The average Bonchev–Trinajstić information content (AvgIpc) is 2.94. The molecule has 1 aromatic carbocycles. The van der Waals surface area contributed by atoms with Crippen LogP contribution in [0.25, 0.3) is 0 Å². The molecule has 1 aromatic rings. The number of carboxylic acid groups (broad SMARTS) is 1. The second kappa shape index (κ2) is 4.40. The van der Waals surface area contributed by atoms with E-state index >= 15 is 0 Å². The fourth-order valence-electron chi connectivity index (χ4n) is 3.52. The maximum absolute atomic E-state index is 11.2. The number of aliphatic carboxylic acids is 1. The largest absolute Gasteiger partial charge is 0.493 e. The van der Waals surface area contributed by atoms with Gasteiger partial charge in [0.2, 0.25) is 0 Å². The lowest BCUT2D eigenvalue weighted by Gasteiger charge is -2.28. The Morgan fingerprint density at radius 2 is 1.75 bits per heavy atom. The van der Waals surface area contributed by atoms with Gasteiger partial charge in [0.1, 0.15) is 11.5 Å². The molecule has 0 saturated heterocycles. The molecule has 4 nitrogen and oxygen atoms in total. The van der Waals surface area contributed by atoms with Crippen LogP contribution in [0.1, 0.15) is 42.5 Å². The Balaban J connectivity index is 2.23. The molecule has 0 spiro atoms. The van der Waals surface area contributed by atoms with Gasteiger partial charge in [-0.25, -0.2) is 0 Å². The van der Waals surface area contributed by atoms with Crippen molar-refractivity contribution in [1.29, 1.82) is 0 Å². The van der Waals surface area contributed by atoms with Gasteiger partial charge in [-0.2, -0.15) is 0 Å². The summed E-state index contributed by atoms with van der Waals surface area (Å²) in [5.74, 6) is 1.09. The molecule has 0 unspecified atom stereocenters. The van der Waals surface area contributed by atoms with Crippen LogP contribution in [0, 0.1) is 6.92 Å². The zero-order valence-electron chi connectivity index (χ0n) is 12.2. The lowest BCUT2D eigenvalue weighted by Crippen LogP contribution is -2.24. The van der Waals surface area contributed by atoms with E-state index in [1.165, 1.54) is 11.1 Å². The van der Waals surface area contributed by atoms with Crippen LogP contribution in [-0.4, -0.2) is 24.3 Å². The van der Waals surface area contributed by atoms with Gasteiger partial charge < -0.3 is 14.6 Å². The van der Waals surface area contributed by atoms with Gasteiger partial charge in [-0.3, -0.25) is 4.79 Å². The minimum Gasteiger partial charge on any atom is -0.493 e. The van der Waals surface area contributed by atoms with Gasteiger partial charge >= 0.3 is 5.97 Å². The van der Waals surface area contributed by atoms with Gasteiger partial charge in [0.05, 0.1) is 19.6 Å². The fraction of sp³-hybridized carbons (Fsp3) is 0.562. The maximum atomic E-state index is 11.2. The number of hydrogen-bond acceptors (Lipinski definition) is 3. The molecule has 0 amide bonds. The summed E-state index contributed by atoms with van der Waals surface area (Å²) in [5.41, 5.74) is 4.10. The number of carboxylic acids is 1. The van der Waals surface area contributed by atoms with Crippen LogP contribution >= 0.6 is 0 Å². The van der Waals surface area contributed by atoms with Crippen molar-refractivity contribution in [3.8, 4) is 11.5 Å². The predicted molar refractivity (Wildman–Crippen MR) is 74.9 cm³/mol. The molecule has 0 fully saturated rings. The van der Waals surface area contributed by atoms with Crippen molar-refractivity contribution in [1.82, 2.24) is 0 Å². The van der Waals surface area contributed by atoms with Gasteiger partial charge in [0, 0.05) is 34.9 Å². The molecule has 108 valence electrons. The number of hydrogen-bond donors (Lipinski definition) is 1. The van der Waals surface area contributed by atoms with E-state index in [4.69, 9.17) is 9.47 Å². The summed E-state index contributed by atoms with van der Waals surface area (Å²) in [6, 6.07) is 0. The van der Waals surface area contributed by atoms with Gasteiger partial charge in [0.15, 0.2) is 0 Å². The highest BCUT2D eigenvalue weighted by molar-refractivity contribution is 5.71. The van der Waals surface area contributed by atoms with E-state index in [2.05, 4.69) is 6.92 Å². The number of rotatable bonds is 3. The predicted octanol–water partition coefficient (Wildman–Crippen LogP) is 2.62. The Morgan fingerprint density at radius 3 is 2.40 bits per heavy atom. The van der Waals surface area contributed by atoms with Crippen LogP contribution in [0.5, 0.6) is 11.5 Å². The minimum absolute atomic E-state index is 0.0955. The molecule has 4 heteroatoms. The summed E-state index contributed by atoms with van der Waals surface area (Å²) in [7, 11) is 0. The quantitative estimate of drug-likeness (QED) is 0.922. The molecule has 0 saturated carbocycles. The summed E-state index contributed by atoms with van der Waals surface area (Å²) in [4.78, 5) is 11.2. The molecule has 0 atom stereocenters. The third kappa shape index (κ3) is 1.86. The Morgan fingerprint density at radius 1 is 1.15 bits per heavy atom. The summed E-state index contributed by atoms with van der Waals surface area (Å²) < 4.78 is 11.6. The highest BCUT2D eigenvalue weighted by atomic mass is 16.5. The van der Waals surface area contributed by atoms with Crippen molar-refractivity contribution < 1.29 is 19.4 Å². The molecule has 2 heterocycles. The zero-order valence-corrected chi connectivity index (χ0v) is 12.2. The Kier molecular flexibility index (Phi) is 2.92. The average molecular weight is 276 g/mol. The Bertz CT molecular complexity index is 552. The van der Waals surface area contributed by atoms with Crippen LogP contribution in [-0.2, 0) is 23.1 Å². The summed E-state index contributed by atoms with van der Waals surface area (Å²) in [6.07, 6.45) is 1.82. The molecule has 0 bridgehead atoms. The molecule has 3 rings (SSSR count). The SMILES string of the molecule is Cc1c2c(c(C(C)(C)CC(=O)O)c3c1OCC3)OCC2. The molecule has 2 aliphatic heterocycles. The van der Waals surface area contributed by atoms with E-state index in [0.29, 0.717) is 13.2 Å². The molecule has 0 radical (unpaired) electrons. The molecule has 1 N–H and O–H groups in total. The highest BCUT2D eigenvalue weighted by Gasteiger charge is 2.37. The van der Waals surface area contributed by atoms with Crippen molar-refractivity contribution in [2.24, 2.45) is 0 Å². The van der Waals surface area contributed by atoms with E-state index in [9.17, 15) is 9.90 Å². The van der Waals surface area contributed by atoms with E-state index in [1.807, 2.05) is 13.8 Å². The zero-order chi connectivity index (χ0) is 14.5. The van der Waals surface area contributed by atoms with E-state index in [-0.39, 0.29) is 6.42 Å². The number of fused-ring (bicyclic) bond motifs is 2. The van der Waals surface area contributed by atoms with Gasteiger partial charge in [0.25, 0.3) is 0 Å². The first-order valence-corrected chi connectivity index (χ1v) is 7.08. The monoisotopic (exact) mass is 276 g/mol. The molecule has 20 heavy (non-hydrogen) atoms. The van der Waals surface area contributed by atoms with Gasteiger partial charge in [-0.05, 0) is 12.5 Å². The number of ether oxygens (including phenoxy) is 2. The fourth-order valence-corrected chi connectivity index (χ4v) is 3.52. The summed E-state index contributed by atoms with van der Waals surface area (Å²) in [5, 5.41) is 9.19. The van der Waals surface area contributed by atoms with E-state index < -0.39 is 11.4 Å². The highest BCUT2D eigenvalue weighted by Crippen LogP contribution is 2.49. The standard InChI is InChI=1S/C16H20O4/c1-9-10-4-6-20-15(10)13(11-5-7-19-14(9)11)16(2,3)8-12(17)18/h4-8H2,1-3H3,(H,17,18). The summed E-state index contributed by atoms with van der Waals surface area (Å²) >= 11 is 0. The van der Waals surface area contributed by atoms with Crippen molar-refractivity contribution in [2.45, 2.75) is 45.4 Å². The molecular weight excluding hydrogens is 256 g/mol. The van der Waals surface area contributed by atoms with Crippen LogP contribution in [0.2, 0.25) is 0 Å². The van der Waals surface area contributed by atoms with E-state index in [1.54, 1.807) is 0 Å². The van der Waals surface area contributed by atoms with Crippen molar-refractivity contribution in [3.63, 3.8) is 0 Å². The van der Waals surface area contributed by atoms with Crippen molar-refractivity contribution in [2.75, 3.05) is 13.2 Å². The van der Waals surface area contributed by atoms with Crippen LogP contribution in [0.3, 0.4) is 0 Å². The Hall–Kier alpha value is -1.71. The maximum Gasteiger partial charge on any atom is 0.304 e. The van der Waals surface area contributed by atoms with Crippen LogP contribution in [0.4, 0.5) is 0 Å². The third-order valence-corrected chi connectivity index (χ3v) is 4.34. The first kappa shape index (κ1) is 13.3. The van der Waals surface area contributed by atoms with E-state index in [0.717, 1.165) is 35.5 Å². The molecule has 0 aliphatic carbocycles. The minimum atomic E-state index is -0.782. The first-order valence-electron chi connectivity index (χ1n) is 7.08. The smallest absolute Gasteiger partial charge is 0.304 e. The summed E-state index contributed by atoms with van der Waals surface area (Å²) in [6.45, 7) is 7.38. The second-order valence-corrected chi connectivity index (χ2v) is 6.27. The van der Waals surface area contributed by atoms with Crippen LogP contribution < -0.4 is 9.47 Å². The molecular formula is C16H20O4. The van der Waals surface area contributed by atoms with Gasteiger partial charge in [-0.1, -0.05) is 13.8 Å². The third-order valence-electron chi connectivity index (χ3n) is 4.34. The number of benzene rings is 1. The Labute approximate surface area is 118 Å². The first-order chi connectivity index (χ1) is 9.42.